The minimum atomic E-state index is -3.87. The summed E-state index contributed by atoms with van der Waals surface area (Å²) in [6.07, 6.45) is 4.03. The Morgan fingerprint density at radius 2 is 1.53 bits per heavy atom. The largest absolute Gasteiger partial charge is 0.328 e. The molecule has 1 heterocycles. The van der Waals surface area contributed by atoms with Gasteiger partial charge in [0.15, 0.2) is 0 Å². The Bertz CT molecular complexity index is 1570. The smallest absolute Gasteiger partial charge is 0.295 e. The van der Waals surface area contributed by atoms with Crippen molar-refractivity contribution in [3.05, 3.63) is 82.0 Å². The summed E-state index contributed by atoms with van der Waals surface area (Å²) >= 11 is 1.30. The van der Waals surface area contributed by atoms with Gasteiger partial charge in [0.1, 0.15) is 5.82 Å². The van der Waals surface area contributed by atoms with Gasteiger partial charge in [-0.2, -0.15) is 0 Å². The maximum atomic E-state index is 13.4. The van der Waals surface area contributed by atoms with E-state index in [0.717, 1.165) is 36.1 Å². The normalized spacial score (nSPS) is 13.7. The number of aromatic nitrogens is 2. The van der Waals surface area contributed by atoms with E-state index in [9.17, 15) is 17.6 Å². The van der Waals surface area contributed by atoms with Crippen molar-refractivity contribution in [1.82, 2.24) is 9.13 Å². The summed E-state index contributed by atoms with van der Waals surface area (Å²) in [5.74, 6) is -0.349. The monoisotopic (exact) mass is 497 g/mol. The molecule has 34 heavy (non-hydrogen) atoms. The van der Waals surface area contributed by atoms with Crippen LogP contribution in [0.25, 0.3) is 11.0 Å². The Kier molecular flexibility index (Phi) is 5.77. The van der Waals surface area contributed by atoms with Crippen molar-refractivity contribution in [2.24, 2.45) is 14.1 Å². The first-order valence-electron chi connectivity index (χ1n) is 11.0. The van der Waals surface area contributed by atoms with E-state index in [1.807, 2.05) is 6.07 Å². The molecule has 0 fully saturated rings. The van der Waals surface area contributed by atoms with Crippen LogP contribution in [0.5, 0.6) is 0 Å². The highest BCUT2D eigenvalue weighted by Crippen LogP contribution is 2.37. The van der Waals surface area contributed by atoms with Gasteiger partial charge in [0.2, 0.25) is 0 Å². The van der Waals surface area contributed by atoms with Crippen LogP contribution in [-0.2, 0) is 37.0 Å². The van der Waals surface area contributed by atoms with Crippen LogP contribution in [-0.4, -0.2) is 17.6 Å². The molecule has 0 atom stereocenters. The van der Waals surface area contributed by atoms with Crippen molar-refractivity contribution in [2.75, 3.05) is 4.72 Å². The fourth-order valence-corrected chi connectivity index (χ4v) is 6.50. The van der Waals surface area contributed by atoms with Crippen LogP contribution in [0.2, 0.25) is 0 Å². The zero-order valence-electron chi connectivity index (χ0n) is 18.8. The Balaban J connectivity index is 1.60. The highest BCUT2D eigenvalue weighted by molar-refractivity contribution is 7.99. The average molecular weight is 498 g/mol. The van der Waals surface area contributed by atoms with E-state index in [-0.39, 0.29) is 16.4 Å². The second-order valence-electron chi connectivity index (χ2n) is 8.54. The number of aryl methyl sites for hydroxylation is 4. The first kappa shape index (κ1) is 22.7. The standard InChI is InChI=1S/C25H24FN3O3S2/c1-28-22-14-21(27-34(31,32)20-12-7-16-5-3-4-6-17(16)13-20)24(15-23(22)29(2)25(28)30)33-19-10-8-18(26)9-11-19/h7-15,27H,3-6H2,1-2H3. The summed E-state index contributed by atoms with van der Waals surface area (Å²) in [4.78, 5) is 14.1. The predicted octanol–water partition coefficient (Wildman–Crippen LogP) is 4.85. The van der Waals surface area contributed by atoms with E-state index in [1.54, 1.807) is 50.5 Å². The Morgan fingerprint density at radius 1 is 0.882 bits per heavy atom. The molecule has 3 aromatic carbocycles. The lowest BCUT2D eigenvalue weighted by atomic mass is 9.92. The number of fused-ring (bicyclic) bond motifs is 2. The van der Waals surface area contributed by atoms with E-state index in [2.05, 4.69) is 4.72 Å². The van der Waals surface area contributed by atoms with Crippen LogP contribution in [0.1, 0.15) is 24.0 Å². The molecular weight excluding hydrogens is 473 g/mol. The molecule has 0 unspecified atom stereocenters. The molecule has 1 aliphatic rings. The summed E-state index contributed by atoms with van der Waals surface area (Å²) in [6.45, 7) is 0. The number of anilines is 1. The van der Waals surface area contributed by atoms with Gasteiger partial charge >= 0.3 is 5.69 Å². The van der Waals surface area contributed by atoms with Crippen molar-refractivity contribution in [2.45, 2.75) is 40.4 Å². The first-order chi connectivity index (χ1) is 16.2. The number of nitrogens with one attached hydrogen (secondary N) is 1. The number of halogens is 1. The van der Waals surface area contributed by atoms with Gasteiger partial charge in [-0.3, -0.25) is 13.9 Å². The van der Waals surface area contributed by atoms with Crippen molar-refractivity contribution in [3.63, 3.8) is 0 Å². The van der Waals surface area contributed by atoms with Gasteiger partial charge in [0.05, 0.1) is 21.6 Å². The summed E-state index contributed by atoms with van der Waals surface area (Å²) in [5.41, 5.74) is 3.73. The maximum absolute atomic E-state index is 13.4. The molecule has 1 N–H and O–H groups in total. The molecule has 6 nitrogen and oxygen atoms in total. The molecule has 176 valence electrons. The van der Waals surface area contributed by atoms with E-state index >= 15 is 0 Å². The third-order valence-electron chi connectivity index (χ3n) is 6.29. The van der Waals surface area contributed by atoms with Crippen LogP contribution in [0.15, 0.2) is 74.1 Å². The van der Waals surface area contributed by atoms with Gasteiger partial charge in [-0.1, -0.05) is 17.8 Å². The minimum Gasteiger partial charge on any atom is -0.295 e. The molecule has 5 rings (SSSR count). The van der Waals surface area contributed by atoms with E-state index in [0.29, 0.717) is 21.6 Å². The first-order valence-corrected chi connectivity index (χ1v) is 13.3. The number of benzene rings is 3. The zero-order chi connectivity index (χ0) is 24.0. The van der Waals surface area contributed by atoms with Crippen molar-refractivity contribution in [1.29, 1.82) is 0 Å². The molecule has 4 aromatic rings. The maximum Gasteiger partial charge on any atom is 0.328 e. The fourth-order valence-electron chi connectivity index (χ4n) is 4.40. The number of sulfonamides is 1. The molecule has 1 aromatic heterocycles. The molecule has 9 heteroatoms. The number of imidazole rings is 1. The summed E-state index contributed by atoms with van der Waals surface area (Å²) in [7, 11) is -0.544. The van der Waals surface area contributed by atoms with Gasteiger partial charge < -0.3 is 0 Å². The quantitative estimate of drug-likeness (QED) is 0.428. The van der Waals surface area contributed by atoms with Crippen molar-refractivity contribution in [3.8, 4) is 0 Å². The Hall–Kier alpha value is -3.04. The van der Waals surface area contributed by atoms with Crippen molar-refractivity contribution >= 4 is 38.5 Å². The van der Waals surface area contributed by atoms with Crippen LogP contribution in [0.4, 0.5) is 10.1 Å². The third kappa shape index (κ3) is 4.14. The van der Waals surface area contributed by atoms with Gasteiger partial charge in [-0.25, -0.2) is 17.6 Å². The molecule has 0 radical (unpaired) electrons. The Morgan fingerprint density at radius 3 is 2.24 bits per heavy atom. The molecule has 0 saturated carbocycles. The van der Waals surface area contributed by atoms with Gasteiger partial charge in [0.25, 0.3) is 10.0 Å². The molecule has 0 saturated heterocycles. The minimum absolute atomic E-state index is 0.206. The van der Waals surface area contributed by atoms with Gasteiger partial charge in [-0.05, 0) is 85.3 Å². The molecule has 0 spiro atoms. The Labute approximate surface area is 201 Å². The van der Waals surface area contributed by atoms with E-state index in [4.69, 9.17) is 0 Å². The van der Waals surface area contributed by atoms with Crippen LogP contribution < -0.4 is 10.4 Å². The second kappa shape index (κ2) is 8.63. The highest BCUT2D eigenvalue weighted by atomic mass is 32.2. The molecule has 1 aliphatic carbocycles. The van der Waals surface area contributed by atoms with E-state index in [1.165, 1.54) is 38.6 Å². The fraction of sp³-hybridized carbons (Fsp3) is 0.240. The summed E-state index contributed by atoms with van der Waals surface area (Å²) in [5, 5.41) is 0. The van der Waals surface area contributed by atoms with Gasteiger partial charge in [-0.15, -0.1) is 0 Å². The lowest BCUT2D eigenvalue weighted by Crippen LogP contribution is -2.19. The average Bonchev–Trinajstić information content (AvgIpc) is 3.03. The SMILES string of the molecule is Cn1c(=O)n(C)c2cc(Sc3ccc(F)cc3)c(NS(=O)(=O)c3ccc4c(c3)CCCC4)cc21. The molecule has 0 bridgehead atoms. The summed E-state index contributed by atoms with van der Waals surface area (Å²) < 4.78 is 45.9. The van der Waals surface area contributed by atoms with Crippen molar-refractivity contribution < 1.29 is 12.8 Å². The van der Waals surface area contributed by atoms with Gasteiger partial charge in [0, 0.05) is 23.9 Å². The van der Waals surface area contributed by atoms with Crippen LogP contribution >= 0.6 is 11.8 Å². The molecular formula is C25H24FN3O3S2. The molecule has 0 aliphatic heterocycles. The van der Waals surface area contributed by atoms with Crippen LogP contribution in [0.3, 0.4) is 0 Å². The lowest BCUT2D eigenvalue weighted by molar-refractivity contribution is 0.600. The second-order valence-corrected chi connectivity index (χ2v) is 11.3. The topological polar surface area (TPSA) is 73.1 Å². The highest BCUT2D eigenvalue weighted by Gasteiger charge is 2.21. The number of nitrogens with zero attached hydrogens (tertiary/aromatic N) is 2. The zero-order valence-corrected chi connectivity index (χ0v) is 20.5. The lowest BCUT2D eigenvalue weighted by Gasteiger charge is -2.18. The number of hydrogen-bond acceptors (Lipinski definition) is 4. The third-order valence-corrected chi connectivity index (χ3v) is 8.72. The molecule has 0 amide bonds. The summed E-state index contributed by atoms with van der Waals surface area (Å²) in [6, 6.07) is 14.8. The van der Waals surface area contributed by atoms with E-state index < -0.39 is 10.0 Å². The predicted molar refractivity (Wildman–Crippen MR) is 133 cm³/mol. The van der Waals surface area contributed by atoms with Crippen LogP contribution in [0, 0.1) is 5.82 Å². The number of hydrogen-bond donors (Lipinski definition) is 1. The number of rotatable bonds is 5.